The molecule has 0 saturated carbocycles. The molecular formula is C14H19NO4. The number of amides is 1. The van der Waals surface area contributed by atoms with Gasteiger partial charge in [0.1, 0.15) is 11.4 Å². The second-order valence-corrected chi connectivity index (χ2v) is 4.91. The Bertz CT molecular complexity index is 441. The summed E-state index contributed by atoms with van der Waals surface area (Å²) in [4.78, 5) is 11.6. The zero-order chi connectivity index (χ0) is 13.7. The Kier molecular flexibility index (Phi) is 4.39. The zero-order valence-corrected chi connectivity index (χ0v) is 11.0. The van der Waals surface area contributed by atoms with Crippen molar-refractivity contribution < 1.29 is 19.4 Å². The molecule has 0 bridgehead atoms. The third-order valence-electron chi connectivity index (χ3n) is 3.06. The summed E-state index contributed by atoms with van der Waals surface area (Å²) >= 11 is 0. The Morgan fingerprint density at radius 2 is 2.42 bits per heavy atom. The Morgan fingerprint density at radius 1 is 1.58 bits per heavy atom. The first-order valence-corrected chi connectivity index (χ1v) is 6.34. The number of hydrogen-bond donors (Lipinski definition) is 2. The van der Waals surface area contributed by atoms with E-state index >= 15 is 0 Å². The minimum absolute atomic E-state index is 0.0552. The Balaban J connectivity index is 1.73. The first-order chi connectivity index (χ1) is 9.07. The predicted molar refractivity (Wildman–Crippen MR) is 70.1 cm³/mol. The molecule has 1 atom stereocenters. The molecule has 104 valence electrons. The molecule has 5 heteroatoms. The van der Waals surface area contributed by atoms with Crippen molar-refractivity contribution in [3.05, 3.63) is 29.8 Å². The maximum absolute atomic E-state index is 11.6. The van der Waals surface area contributed by atoms with E-state index in [4.69, 9.17) is 9.47 Å². The molecule has 19 heavy (non-hydrogen) atoms. The first kappa shape index (κ1) is 13.8. The molecule has 1 aromatic rings. The lowest BCUT2D eigenvalue weighted by molar-refractivity contribution is -0.124. The molecule has 1 fully saturated rings. The summed E-state index contributed by atoms with van der Waals surface area (Å²) in [5.74, 6) is 0.417. The first-order valence-electron chi connectivity index (χ1n) is 6.34. The van der Waals surface area contributed by atoms with Crippen LogP contribution in [0.15, 0.2) is 24.3 Å². The average molecular weight is 265 g/mol. The molecule has 0 unspecified atom stereocenters. The summed E-state index contributed by atoms with van der Waals surface area (Å²) in [5.41, 5.74) is 0.147. The van der Waals surface area contributed by atoms with Crippen LogP contribution in [0.1, 0.15) is 12.0 Å². The molecule has 2 rings (SSSR count). The largest absolute Gasteiger partial charge is 0.484 e. The van der Waals surface area contributed by atoms with E-state index in [1.54, 1.807) is 6.07 Å². The quantitative estimate of drug-likeness (QED) is 0.820. The van der Waals surface area contributed by atoms with Gasteiger partial charge in [0.2, 0.25) is 0 Å². The van der Waals surface area contributed by atoms with E-state index in [-0.39, 0.29) is 25.7 Å². The van der Waals surface area contributed by atoms with Crippen molar-refractivity contribution in [2.24, 2.45) is 0 Å². The van der Waals surface area contributed by atoms with Gasteiger partial charge in [0, 0.05) is 19.6 Å². The van der Waals surface area contributed by atoms with E-state index in [2.05, 4.69) is 5.32 Å². The number of aryl methyl sites for hydroxylation is 1. The van der Waals surface area contributed by atoms with Crippen LogP contribution in [0.4, 0.5) is 0 Å². The lowest BCUT2D eigenvalue weighted by Crippen LogP contribution is -2.44. The molecule has 5 nitrogen and oxygen atoms in total. The Labute approximate surface area is 112 Å². The molecule has 0 radical (unpaired) electrons. The molecular weight excluding hydrogens is 246 g/mol. The molecule has 1 heterocycles. The van der Waals surface area contributed by atoms with Gasteiger partial charge in [-0.3, -0.25) is 4.79 Å². The van der Waals surface area contributed by atoms with Crippen molar-refractivity contribution >= 4 is 5.91 Å². The lowest BCUT2D eigenvalue weighted by Gasteiger charge is -2.20. The van der Waals surface area contributed by atoms with Crippen molar-refractivity contribution in [2.75, 3.05) is 26.4 Å². The van der Waals surface area contributed by atoms with Crippen molar-refractivity contribution in [3.63, 3.8) is 0 Å². The molecule has 1 amide bonds. The van der Waals surface area contributed by atoms with Crippen LogP contribution in [0, 0.1) is 6.92 Å². The number of rotatable bonds is 5. The van der Waals surface area contributed by atoms with Crippen LogP contribution in [0.2, 0.25) is 0 Å². The summed E-state index contributed by atoms with van der Waals surface area (Å²) in [6.45, 7) is 2.91. The zero-order valence-electron chi connectivity index (χ0n) is 11.0. The number of aliphatic hydroxyl groups is 1. The highest BCUT2D eigenvalue weighted by atomic mass is 16.5. The van der Waals surface area contributed by atoms with Gasteiger partial charge in [-0.1, -0.05) is 12.1 Å². The summed E-state index contributed by atoms with van der Waals surface area (Å²) in [7, 11) is 0. The van der Waals surface area contributed by atoms with E-state index < -0.39 is 5.60 Å². The van der Waals surface area contributed by atoms with Crippen LogP contribution in [-0.2, 0) is 9.53 Å². The Hall–Kier alpha value is -1.59. The van der Waals surface area contributed by atoms with Gasteiger partial charge in [0.05, 0.1) is 6.61 Å². The highest BCUT2D eigenvalue weighted by Crippen LogP contribution is 2.17. The fourth-order valence-corrected chi connectivity index (χ4v) is 1.90. The minimum Gasteiger partial charge on any atom is -0.484 e. The van der Waals surface area contributed by atoms with Crippen LogP contribution in [0.5, 0.6) is 5.75 Å². The van der Waals surface area contributed by atoms with Crippen molar-refractivity contribution in [1.82, 2.24) is 5.32 Å². The van der Waals surface area contributed by atoms with E-state index in [9.17, 15) is 9.90 Å². The molecule has 1 aromatic carbocycles. The van der Waals surface area contributed by atoms with Gasteiger partial charge in [-0.05, 0) is 24.6 Å². The summed E-state index contributed by atoms with van der Waals surface area (Å²) < 4.78 is 10.5. The second-order valence-electron chi connectivity index (χ2n) is 4.91. The molecule has 1 aliphatic rings. The van der Waals surface area contributed by atoms with E-state index in [1.807, 2.05) is 25.1 Å². The summed E-state index contributed by atoms with van der Waals surface area (Å²) in [6, 6.07) is 7.51. The van der Waals surface area contributed by atoms with Gasteiger partial charge in [-0.2, -0.15) is 0 Å². The maximum Gasteiger partial charge on any atom is 0.258 e. The molecule has 0 spiro atoms. The predicted octanol–water partition coefficient (Wildman–Crippen LogP) is 0.641. The Morgan fingerprint density at radius 3 is 3.11 bits per heavy atom. The molecule has 1 aliphatic heterocycles. The third-order valence-corrected chi connectivity index (χ3v) is 3.06. The summed E-state index contributed by atoms with van der Waals surface area (Å²) in [5, 5.41) is 12.6. The van der Waals surface area contributed by atoms with Gasteiger partial charge in [0.15, 0.2) is 6.61 Å². The van der Waals surface area contributed by atoms with Gasteiger partial charge < -0.3 is 19.9 Å². The fourth-order valence-electron chi connectivity index (χ4n) is 1.90. The average Bonchev–Trinajstić information content (AvgIpc) is 2.82. The number of carbonyl (C=O) groups is 1. The number of benzene rings is 1. The van der Waals surface area contributed by atoms with Crippen LogP contribution in [0.25, 0.3) is 0 Å². The standard InChI is InChI=1S/C14H19NO4/c1-11-3-2-4-12(7-11)19-8-13(16)15-9-14(17)5-6-18-10-14/h2-4,7,17H,5-6,8-10H2,1H3,(H,15,16)/t14-/m1/s1. The van der Waals surface area contributed by atoms with Gasteiger partial charge in [0.25, 0.3) is 5.91 Å². The number of carbonyl (C=O) groups excluding carboxylic acids is 1. The van der Waals surface area contributed by atoms with Crippen LogP contribution in [-0.4, -0.2) is 43.0 Å². The topological polar surface area (TPSA) is 67.8 Å². The highest BCUT2D eigenvalue weighted by molar-refractivity contribution is 5.77. The fraction of sp³-hybridized carbons (Fsp3) is 0.500. The van der Waals surface area contributed by atoms with E-state index in [0.717, 1.165) is 5.56 Å². The number of nitrogens with one attached hydrogen (secondary N) is 1. The van der Waals surface area contributed by atoms with Crippen LogP contribution < -0.4 is 10.1 Å². The van der Waals surface area contributed by atoms with Crippen molar-refractivity contribution in [3.8, 4) is 5.75 Å². The van der Waals surface area contributed by atoms with Crippen molar-refractivity contribution in [2.45, 2.75) is 18.9 Å². The van der Waals surface area contributed by atoms with Crippen LogP contribution in [0.3, 0.4) is 0 Å². The molecule has 2 N–H and O–H groups in total. The second kappa shape index (κ2) is 6.04. The van der Waals surface area contributed by atoms with Gasteiger partial charge >= 0.3 is 0 Å². The minimum atomic E-state index is -0.932. The van der Waals surface area contributed by atoms with Crippen molar-refractivity contribution in [1.29, 1.82) is 0 Å². The number of hydrogen-bond acceptors (Lipinski definition) is 4. The monoisotopic (exact) mass is 265 g/mol. The summed E-state index contributed by atoms with van der Waals surface area (Å²) in [6.07, 6.45) is 0.548. The molecule has 0 aliphatic carbocycles. The van der Waals surface area contributed by atoms with Gasteiger partial charge in [-0.15, -0.1) is 0 Å². The molecule has 1 saturated heterocycles. The SMILES string of the molecule is Cc1cccc(OCC(=O)NC[C@]2(O)CCOC2)c1. The van der Waals surface area contributed by atoms with Gasteiger partial charge in [-0.25, -0.2) is 0 Å². The lowest BCUT2D eigenvalue weighted by atomic mass is 10.0. The maximum atomic E-state index is 11.6. The molecule has 0 aromatic heterocycles. The normalized spacial score (nSPS) is 22.2. The van der Waals surface area contributed by atoms with Crippen LogP contribution >= 0.6 is 0 Å². The number of ether oxygens (including phenoxy) is 2. The highest BCUT2D eigenvalue weighted by Gasteiger charge is 2.32. The van der Waals surface area contributed by atoms with E-state index in [0.29, 0.717) is 18.8 Å². The third kappa shape index (κ3) is 4.22. The van der Waals surface area contributed by atoms with E-state index in [1.165, 1.54) is 0 Å². The smallest absolute Gasteiger partial charge is 0.258 e.